The fourth-order valence-corrected chi connectivity index (χ4v) is 2.06. The highest BCUT2D eigenvalue weighted by molar-refractivity contribution is 6.39. The molecule has 1 N–H and O–H groups in total. The maximum atomic E-state index is 6.10. The van der Waals surface area contributed by atoms with Gasteiger partial charge in [-0.2, -0.15) is 0 Å². The van der Waals surface area contributed by atoms with Crippen LogP contribution in [0.15, 0.2) is 23.2 Å². The predicted molar refractivity (Wildman–Crippen MR) is 85.7 cm³/mol. The molecular weight excluding hydrogens is 321 g/mol. The Morgan fingerprint density at radius 2 is 2.10 bits per heavy atom. The van der Waals surface area contributed by atoms with Crippen LogP contribution in [0.4, 0.5) is 5.69 Å². The van der Waals surface area contributed by atoms with E-state index in [1.54, 1.807) is 30.2 Å². The molecule has 1 aromatic carbocycles. The fraction of sp³-hybridized carbons (Fsp3) is 0.308. The maximum Gasteiger partial charge on any atom is 0.223 e. The molecule has 0 aromatic heterocycles. The summed E-state index contributed by atoms with van der Waals surface area (Å²) in [5, 5.41) is 5.82. The molecule has 0 aliphatic carbocycles. The third-order valence-corrected chi connectivity index (χ3v) is 3.10. The van der Waals surface area contributed by atoms with Crippen molar-refractivity contribution in [1.29, 1.82) is 0 Å². The van der Waals surface area contributed by atoms with Crippen molar-refractivity contribution < 1.29 is 4.84 Å². The van der Waals surface area contributed by atoms with Crippen LogP contribution in [0.25, 0.3) is 0 Å². The summed E-state index contributed by atoms with van der Waals surface area (Å²) in [7, 11) is 0. The molecule has 1 aromatic rings. The van der Waals surface area contributed by atoms with Gasteiger partial charge in [0.1, 0.15) is 6.61 Å². The number of hydrogen-bond acceptors (Lipinski definition) is 4. The van der Waals surface area contributed by atoms with E-state index in [1.165, 1.54) is 0 Å². The van der Waals surface area contributed by atoms with Crippen molar-refractivity contribution in [3.8, 4) is 11.8 Å². The highest BCUT2D eigenvalue weighted by atomic mass is 35.5. The number of para-hydroxylation sites is 1. The van der Waals surface area contributed by atoms with Gasteiger partial charge in [-0.25, -0.2) is 10.1 Å². The van der Waals surface area contributed by atoms with Crippen molar-refractivity contribution in [1.82, 2.24) is 5.06 Å². The van der Waals surface area contributed by atoms with Gasteiger partial charge in [0.25, 0.3) is 0 Å². The Balaban J connectivity index is 0.00000200. The van der Waals surface area contributed by atoms with Crippen molar-refractivity contribution in [2.75, 3.05) is 25.0 Å². The first-order chi connectivity index (χ1) is 9.22. The molecule has 0 spiro atoms. The number of nitrogens with one attached hydrogen (secondary N) is 1. The Morgan fingerprint density at radius 3 is 2.75 bits per heavy atom. The van der Waals surface area contributed by atoms with E-state index in [4.69, 9.17) is 28.0 Å². The average molecular weight is 335 g/mol. The highest BCUT2D eigenvalue weighted by Gasteiger charge is 2.19. The minimum atomic E-state index is 0. The lowest BCUT2D eigenvalue weighted by Gasteiger charge is -2.20. The third kappa shape index (κ3) is 4.19. The molecule has 108 valence electrons. The number of rotatable bonds is 3. The van der Waals surface area contributed by atoms with E-state index in [2.05, 4.69) is 22.2 Å². The largest absolute Gasteiger partial charge is 0.322 e. The second kappa shape index (κ2) is 8.23. The standard InChI is InChI=1S/C13H13Cl2N3O.ClH/c1-2-3-9-19-18-8-7-16-13(18)17-12-10(14)5-4-6-11(12)15;/h4-6H,7-9H2,1H3,(H,16,17);1H. The summed E-state index contributed by atoms with van der Waals surface area (Å²) in [6.07, 6.45) is 0. The first kappa shape index (κ1) is 16.9. The summed E-state index contributed by atoms with van der Waals surface area (Å²) in [5.74, 6) is 6.19. The molecule has 4 nitrogen and oxygen atoms in total. The van der Waals surface area contributed by atoms with Crippen LogP contribution in [0.5, 0.6) is 0 Å². The van der Waals surface area contributed by atoms with E-state index in [0.29, 0.717) is 41.4 Å². The van der Waals surface area contributed by atoms with Gasteiger partial charge in [0.2, 0.25) is 5.96 Å². The van der Waals surface area contributed by atoms with E-state index in [1.807, 2.05) is 0 Å². The summed E-state index contributed by atoms with van der Waals surface area (Å²) in [4.78, 5) is 9.80. The zero-order valence-corrected chi connectivity index (χ0v) is 13.1. The van der Waals surface area contributed by atoms with Gasteiger partial charge in [-0.3, -0.25) is 4.84 Å². The van der Waals surface area contributed by atoms with Crippen LogP contribution in [0.1, 0.15) is 6.92 Å². The predicted octanol–water partition coefficient (Wildman–Crippen LogP) is 3.45. The van der Waals surface area contributed by atoms with E-state index in [0.717, 1.165) is 0 Å². The quantitative estimate of drug-likeness (QED) is 0.860. The smallest absolute Gasteiger partial charge is 0.223 e. The summed E-state index contributed by atoms with van der Waals surface area (Å²) in [5.41, 5.74) is 0.627. The molecule has 7 heteroatoms. The Bertz CT molecular complexity index is 531. The van der Waals surface area contributed by atoms with Crippen LogP contribution in [-0.4, -0.2) is 30.7 Å². The summed E-state index contributed by atoms with van der Waals surface area (Å²) in [6, 6.07) is 5.31. The lowest BCUT2D eigenvalue weighted by molar-refractivity contribution is -0.0740. The number of anilines is 1. The van der Waals surface area contributed by atoms with Crippen molar-refractivity contribution in [2.24, 2.45) is 4.99 Å². The van der Waals surface area contributed by atoms with Crippen molar-refractivity contribution in [2.45, 2.75) is 6.92 Å². The lowest BCUT2D eigenvalue weighted by atomic mass is 10.3. The molecule has 0 unspecified atom stereocenters. The topological polar surface area (TPSA) is 36.9 Å². The Labute approximate surface area is 134 Å². The van der Waals surface area contributed by atoms with Crippen LogP contribution in [0, 0.1) is 11.8 Å². The molecule has 0 saturated heterocycles. The number of hydroxylamine groups is 2. The molecule has 20 heavy (non-hydrogen) atoms. The highest BCUT2D eigenvalue weighted by Crippen LogP contribution is 2.30. The van der Waals surface area contributed by atoms with Gasteiger partial charge in [-0.15, -0.1) is 18.3 Å². The number of guanidine groups is 1. The van der Waals surface area contributed by atoms with Crippen molar-refractivity contribution >= 4 is 47.3 Å². The number of halogens is 3. The molecule has 0 atom stereocenters. The number of nitrogens with zero attached hydrogens (tertiary/aromatic N) is 2. The van der Waals surface area contributed by atoms with Gasteiger partial charge >= 0.3 is 0 Å². The maximum absolute atomic E-state index is 6.10. The van der Waals surface area contributed by atoms with Gasteiger partial charge < -0.3 is 5.32 Å². The second-order valence-corrected chi connectivity index (χ2v) is 4.54. The van der Waals surface area contributed by atoms with E-state index in [-0.39, 0.29) is 12.4 Å². The minimum absolute atomic E-state index is 0. The van der Waals surface area contributed by atoms with Crippen LogP contribution >= 0.6 is 35.6 Å². The minimum Gasteiger partial charge on any atom is -0.322 e. The Hall–Kier alpha value is -1.12. The SMILES string of the molecule is CC#CCON1CCN=C1Nc1c(Cl)cccc1Cl.Cl. The number of hydrogen-bond donors (Lipinski definition) is 1. The molecule has 0 fully saturated rings. The zero-order chi connectivity index (χ0) is 13.7. The van der Waals surface area contributed by atoms with Crippen molar-refractivity contribution in [3.63, 3.8) is 0 Å². The zero-order valence-electron chi connectivity index (χ0n) is 10.8. The summed E-state index contributed by atoms with van der Waals surface area (Å²) < 4.78 is 0. The van der Waals surface area contributed by atoms with Gasteiger partial charge in [-0.1, -0.05) is 35.2 Å². The fourth-order valence-electron chi connectivity index (χ4n) is 1.57. The molecule has 0 radical (unpaired) electrons. The first-order valence-corrected chi connectivity index (χ1v) is 6.53. The second-order valence-electron chi connectivity index (χ2n) is 3.73. The third-order valence-electron chi connectivity index (χ3n) is 2.47. The normalized spacial score (nSPS) is 13.2. The van der Waals surface area contributed by atoms with E-state index >= 15 is 0 Å². The summed E-state index contributed by atoms with van der Waals surface area (Å²) in [6.45, 7) is 3.43. The van der Waals surface area contributed by atoms with Crippen LogP contribution in [0.2, 0.25) is 10.0 Å². The molecule has 1 heterocycles. The van der Waals surface area contributed by atoms with Crippen LogP contribution in [-0.2, 0) is 4.84 Å². The molecule has 2 rings (SSSR count). The Morgan fingerprint density at radius 1 is 1.40 bits per heavy atom. The molecule has 1 aliphatic heterocycles. The van der Waals surface area contributed by atoms with Crippen molar-refractivity contribution in [3.05, 3.63) is 28.2 Å². The lowest BCUT2D eigenvalue weighted by Crippen LogP contribution is -2.33. The number of benzene rings is 1. The van der Waals surface area contributed by atoms with Crippen LogP contribution < -0.4 is 5.32 Å². The number of aliphatic imine (C=N–C) groups is 1. The van der Waals surface area contributed by atoms with Gasteiger partial charge in [-0.05, 0) is 19.1 Å². The van der Waals surface area contributed by atoms with Gasteiger partial charge in [0.05, 0.1) is 28.8 Å². The molecule has 1 aliphatic rings. The molecule has 0 bridgehead atoms. The van der Waals surface area contributed by atoms with Crippen LogP contribution in [0.3, 0.4) is 0 Å². The van der Waals surface area contributed by atoms with E-state index in [9.17, 15) is 0 Å². The van der Waals surface area contributed by atoms with Gasteiger partial charge in [0.15, 0.2) is 0 Å². The summed E-state index contributed by atoms with van der Waals surface area (Å²) >= 11 is 12.2. The Kier molecular flexibility index (Phi) is 6.97. The molecular formula is C13H14Cl3N3O. The average Bonchev–Trinajstić information content (AvgIpc) is 2.82. The van der Waals surface area contributed by atoms with E-state index < -0.39 is 0 Å². The van der Waals surface area contributed by atoms with Gasteiger partial charge in [0, 0.05) is 0 Å². The monoisotopic (exact) mass is 333 g/mol. The first-order valence-electron chi connectivity index (χ1n) is 5.78. The molecule has 0 saturated carbocycles. The molecule has 0 amide bonds.